The van der Waals surface area contributed by atoms with Crippen molar-refractivity contribution >= 4 is 29.2 Å². The Balaban J connectivity index is 2.71. The molecule has 1 unspecified atom stereocenters. The molecule has 19 heavy (non-hydrogen) atoms. The highest BCUT2D eigenvalue weighted by Crippen LogP contribution is 2.14. The second kappa shape index (κ2) is 6.83. The lowest BCUT2D eigenvalue weighted by Gasteiger charge is -2.13. The lowest BCUT2D eigenvalue weighted by molar-refractivity contribution is -0.140. The number of amides is 1. The first kappa shape index (κ1) is 15.1. The largest absolute Gasteiger partial charge is 0.481 e. The molecule has 3 N–H and O–H groups in total. The predicted molar refractivity (Wildman–Crippen MR) is 67.3 cm³/mol. The van der Waals surface area contributed by atoms with Crippen LogP contribution in [0.25, 0.3) is 0 Å². The molecule has 0 fully saturated rings. The smallest absolute Gasteiger partial charge is 0.326 e. The van der Waals surface area contributed by atoms with Crippen LogP contribution in [0.1, 0.15) is 35.1 Å². The minimum absolute atomic E-state index is 0.156. The van der Waals surface area contributed by atoms with Crippen molar-refractivity contribution in [2.24, 2.45) is 0 Å². The molecule has 1 atom stereocenters. The summed E-state index contributed by atoms with van der Waals surface area (Å²) in [4.78, 5) is 37.6. The maximum atomic E-state index is 11.9. The number of aromatic nitrogens is 1. The first-order valence-electron chi connectivity index (χ1n) is 5.63. The number of hydrogen-bond acceptors (Lipinski definition) is 5. The van der Waals surface area contributed by atoms with E-state index in [1.165, 1.54) is 5.51 Å². The molecule has 1 amide bonds. The number of aliphatic carboxylic acids is 2. The molecule has 0 aliphatic rings. The molecular weight excluding hydrogens is 272 g/mol. The van der Waals surface area contributed by atoms with Crippen LogP contribution in [0.15, 0.2) is 5.51 Å². The molecule has 104 valence electrons. The third-order valence-corrected chi connectivity index (χ3v) is 3.30. The van der Waals surface area contributed by atoms with Crippen molar-refractivity contribution in [3.05, 3.63) is 16.1 Å². The molecule has 0 aliphatic carbocycles. The number of carboxylic acids is 2. The molecule has 0 aliphatic heterocycles. The molecule has 1 aromatic heterocycles. The monoisotopic (exact) mass is 286 g/mol. The van der Waals surface area contributed by atoms with Gasteiger partial charge in [0.1, 0.15) is 10.9 Å². The Hall–Kier alpha value is -1.96. The van der Waals surface area contributed by atoms with Gasteiger partial charge in [0, 0.05) is 6.42 Å². The van der Waals surface area contributed by atoms with Gasteiger partial charge in [0.25, 0.3) is 5.91 Å². The first-order valence-corrected chi connectivity index (χ1v) is 6.51. The number of thiazole rings is 1. The highest BCUT2D eigenvalue weighted by atomic mass is 32.1. The summed E-state index contributed by atoms with van der Waals surface area (Å²) in [5.41, 5.74) is 2.12. The fraction of sp³-hybridized carbons (Fsp3) is 0.455. The maximum absolute atomic E-state index is 11.9. The van der Waals surface area contributed by atoms with E-state index in [2.05, 4.69) is 10.3 Å². The van der Waals surface area contributed by atoms with Gasteiger partial charge in [0.15, 0.2) is 0 Å². The number of nitrogens with one attached hydrogen (secondary N) is 1. The molecular formula is C11H14N2O5S. The van der Waals surface area contributed by atoms with Crippen molar-refractivity contribution in [1.82, 2.24) is 10.3 Å². The summed E-state index contributed by atoms with van der Waals surface area (Å²) in [5, 5.41) is 19.8. The van der Waals surface area contributed by atoms with Gasteiger partial charge in [-0.15, -0.1) is 11.3 Å². The number of carbonyl (C=O) groups excluding carboxylic acids is 1. The van der Waals surface area contributed by atoms with E-state index in [9.17, 15) is 14.4 Å². The van der Waals surface area contributed by atoms with E-state index in [-0.39, 0.29) is 12.8 Å². The summed E-state index contributed by atoms with van der Waals surface area (Å²) < 4.78 is 0. The van der Waals surface area contributed by atoms with Gasteiger partial charge in [0.2, 0.25) is 0 Å². The molecule has 0 saturated heterocycles. The van der Waals surface area contributed by atoms with Crippen molar-refractivity contribution in [2.75, 3.05) is 0 Å². The molecule has 0 radical (unpaired) electrons. The fourth-order valence-corrected chi connectivity index (χ4v) is 2.24. The van der Waals surface area contributed by atoms with Crippen LogP contribution >= 0.6 is 11.3 Å². The normalized spacial score (nSPS) is 11.8. The number of carbonyl (C=O) groups is 3. The van der Waals surface area contributed by atoms with E-state index in [1.807, 2.05) is 6.92 Å². The Kier molecular flexibility index (Phi) is 5.43. The van der Waals surface area contributed by atoms with Crippen molar-refractivity contribution in [1.29, 1.82) is 0 Å². The van der Waals surface area contributed by atoms with Gasteiger partial charge in [-0.3, -0.25) is 9.59 Å². The van der Waals surface area contributed by atoms with E-state index in [1.54, 1.807) is 0 Å². The van der Waals surface area contributed by atoms with E-state index in [4.69, 9.17) is 10.2 Å². The maximum Gasteiger partial charge on any atom is 0.326 e. The summed E-state index contributed by atoms with van der Waals surface area (Å²) in [6.45, 7) is 1.84. The van der Waals surface area contributed by atoms with Crippen LogP contribution in [0.3, 0.4) is 0 Å². The number of hydrogen-bond donors (Lipinski definition) is 3. The summed E-state index contributed by atoms with van der Waals surface area (Å²) in [5.74, 6) is -2.89. The fourth-order valence-electron chi connectivity index (χ4n) is 1.45. The van der Waals surface area contributed by atoms with Crippen molar-refractivity contribution in [3.8, 4) is 0 Å². The number of nitrogens with zero attached hydrogens (tertiary/aromatic N) is 1. The number of aryl methyl sites for hydroxylation is 1. The van der Waals surface area contributed by atoms with Crippen LogP contribution in [-0.4, -0.2) is 39.1 Å². The predicted octanol–water partition coefficient (Wildman–Crippen LogP) is 0.753. The van der Waals surface area contributed by atoms with Gasteiger partial charge >= 0.3 is 11.9 Å². The minimum atomic E-state index is -1.25. The molecule has 0 aromatic carbocycles. The lowest BCUT2D eigenvalue weighted by atomic mass is 10.1. The van der Waals surface area contributed by atoms with E-state index in [0.29, 0.717) is 17.0 Å². The number of rotatable bonds is 7. The summed E-state index contributed by atoms with van der Waals surface area (Å²) >= 11 is 1.13. The molecule has 0 bridgehead atoms. The van der Waals surface area contributed by atoms with Crippen LogP contribution in [0.2, 0.25) is 0 Å². The minimum Gasteiger partial charge on any atom is -0.481 e. The molecule has 7 nitrogen and oxygen atoms in total. The number of carboxylic acid groups (broad SMARTS) is 2. The van der Waals surface area contributed by atoms with E-state index in [0.717, 1.165) is 11.3 Å². The van der Waals surface area contributed by atoms with Crippen molar-refractivity contribution in [2.45, 2.75) is 32.2 Å². The second-order valence-corrected chi connectivity index (χ2v) is 4.63. The average Bonchev–Trinajstić information content (AvgIpc) is 2.81. The Morgan fingerprint density at radius 3 is 2.63 bits per heavy atom. The zero-order chi connectivity index (χ0) is 14.4. The van der Waals surface area contributed by atoms with Gasteiger partial charge in [-0.25, -0.2) is 9.78 Å². The van der Waals surface area contributed by atoms with Crippen molar-refractivity contribution in [3.63, 3.8) is 0 Å². The van der Waals surface area contributed by atoms with Crippen molar-refractivity contribution < 1.29 is 24.6 Å². The summed E-state index contributed by atoms with van der Waals surface area (Å²) in [6, 6.07) is -1.21. The van der Waals surface area contributed by atoms with Crippen LogP contribution in [0.4, 0.5) is 0 Å². The molecule has 0 saturated carbocycles. The average molecular weight is 286 g/mol. The van der Waals surface area contributed by atoms with E-state index < -0.39 is 23.9 Å². The lowest BCUT2D eigenvalue weighted by Crippen LogP contribution is -2.41. The summed E-state index contributed by atoms with van der Waals surface area (Å²) in [7, 11) is 0. The van der Waals surface area contributed by atoms with Gasteiger partial charge < -0.3 is 15.5 Å². The second-order valence-electron chi connectivity index (χ2n) is 3.78. The summed E-state index contributed by atoms with van der Waals surface area (Å²) in [6.07, 6.45) is 0.0936. The van der Waals surface area contributed by atoms with Gasteiger partial charge in [-0.1, -0.05) is 6.92 Å². The topological polar surface area (TPSA) is 117 Å². The zero-order valence-corrected chi connectivity index (χ0v) is 11.1. The Morgan fingerprint density at radius 1 is 1.42 bits per heavy atom. The van der Waals surface area contributed by atoms with Gasteiger partial charge in [-0.05, 0) is 12.8 Å². The molecule has 1 aromatic rings. The Bertz CT molecular complexity index is 485. The van der Waals surface area contributed by atoms with Crippen LogP contribution < -0.4 is 5.32 Å². The molecule has 1 rings (SSSR count). The standard InChI is InChI=1S/C11H14N2O5S/c1-2-6-9(19-5-12-6)10(16)13-7(11(17)18)3-4-8(14)15/h5,7H,2-4H2,1H3,(H,13,16)(H,14,15)(H,17,18). The molecule has 1 heterocycles. The third-order valence-electron chi connectivity index (χ3n) is 2.43. The van der Waals surface area contributed by atoms with Crippen LogP contribution in [0, 0.1) is 0 Å². The highest BCUT2D eigenvalue weighted by molar-refractivity contribution is 7.11. The third kappa shape index (κ3) is 4.32. The SMILES string of the molecule is CCc1ncsc1C(=O)NC(CCC(=O)O)C(=O)O. The van der Waals surface area contributed by atoms with Gasteiger partial charge in [0.05, 0.1) is 11.2 Å². The zero-order valence-electron chi connectivity index (χ0n) is 10.3. The quantitative estimate of drug-likeness (QED) is 0.681. The molecule has 0 spiro atoms. The highest BCUT2D eigenvalue weighted by Gasteiger charge is 2.23. The van der Waals surface area contributed by atoms with Crippen LogP contribution in [-0.2, 0) is 16.0 Å². The van der Waals surface area contributed by atoms with Crippen LogP contribution in [0.5, 0.6) is 0 Å². The van der Waals surface area contributed by atoms with E-state index >= 15 is 0 Å². The molecule has 8 heteroatoms. The Labute approximate surface area is 113 Å². The Morgan fingerprint density at radius 2 is 2.11 bits per heavy atom. The first-order chi connectivity index (χ1) is 8.95. The van der Waals surface area contributed by atoms with Gasteiger partial charge in [-0.2, -0.15) is 0 Å².